The Kier molecular flexibility index (Phi) is 3.75. The average molecular weight is 259 g/mol. The number of nitriles is 1. The van der Waals surface area contributed by atoms with Gasteiger partial charge in [0.1, 0.15) is 11.9 Å². The van der Waals surface area contributed by atoms with E-state index in [1.807, 2.05) is 37.3 Å². The number of benzene rings is 1. The second-order valence-corrected chi connectivity index (χ2v) is 4.26. The lowest BCUT2D eigenvalue weighted by atomic mass is 10.1. The van der Waals surface area contributed by atoms with Crippen molar-refractivity contribution in [1.29, 1.82) is 5.26 Å². The summed E-state index contributed by atoms with van der Waals surface area (Å²) in [6, 6.07) is 9.61. The van der Waals surface area contributed by atoms with Crippen molar-refractivity contribution in [3.63, 3.8) is 0 Å². The van der Waals surface area contributed by atoms with E-state index in [9.17, 15) is 0 Å². The molecular formula is C13H11ClN4. The van der Waals surface area contributed by atoms with E-state index >= 15 is 0 Å². The Labute approximate surface area is 110 Å². The predicted octanol–water partition coefficient (Wildman–Crippen LogP) is 3.17. The molecule has 2 rings (SSSR count). The molecule has 1 atom stereocenters. The van der Waals surface area contributed by atoms with Gasteiger partial charge in [0.2, 0.25) is 0 Å². The molecule has 90 valence electrons. The molecule has 1 unspecified atom stereocenters. The Morgan fingerprint density at radius 3 is 2.78 bits per heavy atom. The zero-order chi connectivity index (χ0) is 13.0. The van der Waals surface area contributed by atoms with E-state index in [0.717, 1.165) is 5.56 Å². The van der Waals surface area contributed by atoms with E-state index in [0.29, 0.717) is 16.5 Å². The zero-order valence-corrected chi connectivity index (χ0v) is 10.5. The van der Waals surface area contributed by atoms with Crippen LogP contribution >= 0.6 is 11.6 Å². The van der Waals surface area contributed by atoms with E-state index < -0.39 is 0 Å². The van der Waals surface area contributed by atoms with Crippen molar-refractivity contribution >= 4 is 17.4 Å². The summed E-state index contributed by atoms with van der Waals surface area (Å²) in [6.45, 7) is 2.01. The fourth-order valence-electron chi connectivity index (χ4n) is 1.54. The van der Waals surface area contributed by atoms with Gasteiger partial charge < -0.3 is 5.32 Å². The molecule has 5 heteroatoms. The minimum Gasteiger partial charge on any atom is -0.362 e. The quantitative estimate of drug-likeness (QED) is 0.919. The molecule has 0 fully saturated rings. The summed E-state index contributed by atoms with van der Waals surface area (Å²) in [7, 11) is 0. The highest BCUT2D eigenvalue weighted by Gasteiger charge is 2.06. The molecule has 0 bridgehead atoms. The average Bonchev–Trinajstić information content (AvgIpc) is 2.39. The molecule has 0 aliphatic heterocycles. The molecule has 1 N–H and O–H groups in total. The SMILES string of the molecule is CC(Nc1cnc(C#N)cn1)c1cccc(Cl)c1. The van der Waals surface area contributed by atoms with Crippen LogP contribution in [0.1, 0.15) is 24.2 Å². The van der Waals surface area contributed by atoms with Crippen molar-refractivity contribution in [2.24, 2.45) is 0 Å². The smallest absolute Gasteiger partial charge is 0.158 e. The zero-order valence-electron chi connectivity index (χ0n) is 9.76. The molecule has 2 aromatic rings. The highest BCUT2D eigenvalue weighted by Crippen LogP contribution is 2.20. The number of nitrogens with one attached hydrogen (secondary N) is 1. The molecule has 1 aromatic heterocycles. The minimum absolute atomic E-state index is 0.0611. The molecule has 0 aliphatic rings. The lowest BCUT2D eigenvalue weighted by Gasteiger charge is -2.14. The standard InChI is InChI=1S/C13H11ClN4/c1-9(10-3-2-4-11(14)5-10)18-13-8-16-12(6-15)7-17-13/h2-5,7-9H,1H3,(H,17,18). The van der Waals surface area contributed by atoms with E-state index in [-0.39, 0.29) is 6.04 Å². The van der Waals surface area contributed by atoms with Crippen molar-refractivity contribution in [1.82, 2.24) is 9.97 Å². The van der Waals surface area contributed by atoms with Gasteiger partial charge in [-0.1, -0.05) is 23.7 Å². The Bertz CT molecular complexity index is 574. The normalized spacial score (nSPS) is 11.6. The van der Waals surface area contributed by atoms with E-state index in [1.54, 1.807) is 6.20 Å². The molecule has 4 nitrogen and oxygen atoms in total. The highest BCUT2D eigenvalue weighted by atomic mass is 35.5. The van der Waals surface area contributed by atoms with Gasteiger partial charge in [-0.2, -0.15) is 5.26 Å². The number of anilines is 1. The number of rotatable bonds is 3. The molecule has 0 saturated carbocycles. The molecule has 18 heavy (non-hydrogen) atoms. The Morgan fingerprint density at radius 1 is 1.33 bits per heavy atom. The summed E-state index contributed by atoms with van der Waals surface area (Å²) in [5.74, 6) is 0.626. The maximum absolute atomic E-state index is 8.63. The lowest BCUT2D eigenvalue weighted by Crippen LogP contribution is -2.08. The van der Waals surface area contributed by atoms with Crippen molar-refractivity contribution in [2.45, 2.75) is 13.0 Å². The minimum atomic E-state index is 0.0611. The topological polar surface area (TPSA) is 61.6 Å². The van der Waals surface area contributed by atoms with Crippen LogP contribution in [-0.4, -0.2) is 9.97 Å². The molecule has 1 aromatic carbocycles. The van der Waals surface area contributed by atoms with Gasteiger partial charge in [-0.05, 0) is 24.6 Å². The molecule has 1 heterocycles. The first-order chi connectivity index (χ1) is 8.69. The van der Waals surface area contributed by atoms with Gasteiger partial charge in [0.05, 0.1) is 18.4 Å². The van der Waals surface area contributed by atoms with Gasteiger partial charge in [-0.3, -0.25) is 0 Å². The first kappa shape index (κ1) is 12.3. The summed E-state index contributed by atoms with van der Waals surface area (Å²) >= 11 is 5.94. The van der Waals surface area contributed by atoms with Crippen LogP contribution < -0.4 is 5.32 Å². The summed E-state index contributed by atoms with van der Waals surface area (Å²) in [6.07, 6.45) is 2.98. The molecule has 0 aliphatic carbocycles. The third-order valence-electron chi connectivity index (χ3n) is 2.48. The van der Waals surface area contributed by atoms with Crippen LogP contribution in [0.25, 0.3) is 0 Å². The van der Waals surface area contributed by atoms with Crippen LogP contribution in [0.15, 0.2) is 36.7 Å². The second-order valence-electron chi connectivity index (χ2n) is 3.82. The van der Waals surface area contributed by atoms with E-state index in [2.05, 4.69) is 15.3 Å². The van der Waals surface area contributed by atoms with Crippen molar-refractivity contribution in [2.75, 3.05) is 5.32 Å². The summed E-state index contributed by atoms with van der Waals surface area (Å²) in [5, 5.41) is 12.5. The summed E-state index contributed by atoms with van der Waals surface area (Å²) < 4.78 is 0. The van der Waals surface area contributed by atoms with Crippen molar-refractivity contribution in [3.8, 4) is 6.07 Å². The maximum Gasteiger partial charge on any atom is 0.158 e. The number of hydrogen-bond donors (Lipinski definition) is 1. The van der Waals surface area contributed by atoms with Gasteiger partial charge in [0.25, 0.3) is 0 Å². The predicted molar refractivity (Wildman–Crippen MR) is 70.2 cm³/mol. The van der Waals surface area contributed by atoms with Gasteiger partial charge in [0, 0.05) is 5.02 Å². The molecule has 0 saturated heterocycles. The molecule has 0 amide bonds. The largest absolute Gasteiger partial charge is 0.362 e. The van der Waals surface area contributed by atoms with Crippen LogP contribution in [0.4, 0.5) is 5.82 Å². The lowest BCUT2D eigenvalue weighted by molar-refractivity contribution is 0.871. The van der Waals surface area contributed by atoms with Crippen molar-refractivity contribution in [3.05, 3.63) is 52.9 Å². The van der Waals surface area contributed by atoms with E-state index in [4.69, 9.17) is 16.9 Å². The Hall–Kier alpha value is -2.12. The first-order valence-corrected chi connectivity index (χ1v) is 5.81. The highest BCUT2D eigenvalue weighted by molar-refractivity contribution is 6.30. The number of hydrogen-bond acceptors (Lipinski definition) is 4. The fraction of sp³-hybridized carbons (Fsp3) is 0.154. The number of halogens is 1. The number of nitrogens with zero attached hydrogens (tertiary/aromatic N) is 3. The van der Waals surface area contributed by atoms with Crippen molar-refractivity contribution < 1.29 is 0 Å². The third-order valence-corrected chi connectivity index (χ3v) is 2.71. The molecule has 0 spiro atoms. The van der Waals surface area contributed by atoms with Crippen LogP contribution in [0.5, 0.6) is 0 Å². The summed E-state index contributed by atoms with van der Waals surface area (Å²) in [4.78, 5) is 8.06. The van der Waals surface area contributed by atoms with Gasteiger partial charge in [-0.15, -0.1) is 0 Å². The Morgan fingerprint density at radius 2 is 2.17 bits per heavy atom. The van der Waals surface area contributed by atoms with Gasteiger partial charge in [-0.25, -0.2) is 9.97 Å². The Balaban J connectivity index is 2.11. The second kappa shape index (κ2) is 5.48. The fourth-order valence-corrected chi connectivity index (χ4v) is 1.74. The molecule has 0 radical (unpaired) electrons. The van der Waals surface area contributed by atoms with Crippen LogP contribution in [-0.2, 0) is 0 Å². The van der Waals surface area contributed by atoms with Crippen LogP contribution in [0.3, 0.4) is 0 Å². The number of aromatic nitrogens is 2. The van der Waals surface area contributed by atoms with Crippen LogP contribution in [0.2, 0.25) is 5.02 Å². The van der Waals surface area contributed by atoms with Gasteiger partial charge >= 0.3 is 0 Å². The van der Waals surface area contributed by atoms with Gasteiger partial charge in [0.15, 0.2) is 5.69 Å². The summed E-state index contributed by atoms with van der Waals surface area (Å²) in [5.41, 5.74) is 1.37. The maximum atomic E-state index is 8.63. The molecular weight excluding hydrogens is 248 g/mol. The first-order valence-electron chi connectivity index (χ1n) is 5.43. The van der Waals surface area contributed by atoms with E-state index in [1.165, 1.54) is 6.20 Å². The van der Waals surface area contributed by atoms with Crippen LogP contribution in [0, 0.1) is 11.3 Å². The third kappa shape index (κ3) is 2.96. The monoisotopic (exact) mass is 258 g/mol.